The van der Waals surface area contributed by atoms with Crippen molar-refractivity contribution in [2.24, 2.45) is 0 Å². The Morgan fingerprint density at radius 2 is 0.514 bits per heavy atom. The van der Waals surface area contributed by atoms with Crippen LogP contribution in [0.1, 0.15) is 323 Å². The van der Waals surface area contributed by atoms with E-state index in [4.69, 9.17) is 14.2 Å². The summed E-state index contributed by atoms with van der Waals surface area (Å²) in [6.45, 7) is 6.62. The number of ether oxygens (including phenoxy) is 3. The lowest BCUT2D eigenvalue weighted by atomic mass is 10.0. The van der Waals surface area contributed by atoms with Crippen LogP contribution in [-0.4, -0.2) is 37.2 Å². The highest BCUT2D eigenvalue weighted by Gasteiger charge is 2.19. The number of allylic oxidation sites excluding steroid dienone is 8. The molecule has 70 heavy (non-hydrogen) atoms. The van der Waals surface area contributed by atoms with Gasteiger partial charge in [0.15, 0.2) is 6.10 Å². The normalized spacial score (nSPS) is 12.3. The number of unbranched alkanes of at least 4 members (excludes halogenated alkanes) is 37. The SMILES string of the molecule is CCCCC/C=C\CCCCCCCC(=O)OC(COC(=O)CCCCCCCCCCCCC)COC(=O)CCCCCCCCCCCCCCCC/C=C\C/C=C\C/C=C\CCCCCCC. The van der Waals surface area contributed by atoms with Crippen molar-refractivity contribution < 1.29 is 28.6 Å². The summed E-state index contributed by atoms with van der Waals surface area (Å²) in [5.74, 6) is -0.869. The van der Waals surface area contributed by atoms with Crippen molar-refractivity contribution in [3.63, 3.8) is 0 Å². The van der Waals surface area contributed by atoms with Crippen LogP contribution in [0, 0.1) is 0 Å². The molecule has 0 saturated carbocycles. The van der Waals surface area contributed by atoms with E-state index in [0.717, 1.165) is 77.0 Å². The Kier molecular flexibility index (Phi) is 56.7. The first-order chi connectivity index (χ1) is 34.5. The van der Waals surface area contributed by atoms with Gasteiger partial charge < -0.3 is 14.2 Å². The summed E-state index contributed by atoms with van der Waals surface area (Å²) in [5, 5.41) is 0. The van der Waals surface area contributed by atoms with Gasteiger partial charge in [-0.2, -0.15) is 0 Å². The van der Waals surface area contributed by atoms with E-state index in [1.54, 1.807) is 0 Å². The lowest BCUT2D eigenvalue weighted by molar-refractivity contribution is -0.167. The van der Waals surface area contributed by atoms with Crippen molar-refractivity contribution in [2.45, 2.75) is 329 Å². The molecule has 0 bridgehead atoms. The van der Waals surface area contributed by atoms with Crippen molar-refractivity contribution in [3.8, 4) is 0 Å². The Balaban J connectivity index is 4.12. The molecule has 0 saturated heterocycles. The molecule has 0 fully saturated rings. The third kappa shape index (κ3) is 56.3. The second-order valence-corrected chi connectivity index (χ2v) is 20.6. The van der Waals surface area contributed by atoms with Gasteiger partial charge in [-0.05, 0) is 83.5 Å². The predicted octanol–water partition coefficient (Wildman–Crippen LogP) is 20.6. The lowest BCUT2D eigenvalue weighted by Crippen LogP contribution is -2.30. The van der Waals surface area contributed by atoms with Gasteiger partial charge in [-0.15, -0.1) is 0 Å². The molecular formula is C64H116O6. The van der Waals surface area contributed by atoms with Crippen molar-refractivity contribution in [1.82, 2.24) is 0 Å². The van der Waals surface area contributed by atoms with Crippen LogP contribution in [0.25, 0.3) is 0 Å². The molecular weight excluding hydrogens is 865 g/mol. The molecule has 0 radical (unpaired) electrons. The standard InChI is InChI=1S/C64H116O6/c1-4-7-10-13-16-19-22-24-25-26-27-28-29-30-31-32-33-34-35-36-37-38-39-40-43-45-48-51-54-57-63(66)69-60-61(59-68-62(65)56-53-50-47-44-41-21-18-15-12-9-6-3)70-64(67)58-55-52-49-46-42-23-20-17-14-11-8-5-2/h17,20,22,24,26-27,29-30,61H,4-16,18-19,21,23,25,28,31-60H2,1-3H3/b20-17-,24-22-,27-26-,30-29-. The zero-order valence-corrected chi connectivity index (χ0v) is 46.8. The molecule has 0 amide bonds. The smallest absolute Gasteiger partial charge is 0.306 e. The fourth-order valence-corrected chi connectivity index (χ4v) is 8.92. The van der Waals surface area contributed by atoms with Crippen LogP contribution in [0.15, 0.2) is 48.6 Å². The third-order valence-electron chi connectivity index (χ3n) is 13.6. The number of rotatable bonds is 56. The van der Waals surface area contributed by atoms with Gasteiger partial charge in [-0.1, -0.05) is 268 Å². The van der Waals surface area contributed by atoms with Gasteiger partial charge in [-0.3, -0.25) is 14.4 Å². The summed E-state index contributed by atoms with van der Waals surface area (Å²) in [6, 6.07) is 0. The third-order valence-corrected chi connectivity index (χ3v) is 13.6. The van der Waals surface area contributed by atoms with E-state index in [9.17, 15) is 14.4 Å². The summed E-state index contributed by atoms with van der Waals surface area (Å²) in [7, 11) is 0. The highest BCUT2D eigenvalue weighted by Crippen LogP contribution is 2.16. The van der Waals surface area contributed by atoms with Crippen LogP contribution in [0.2, 0.25) is 0 Å². The number of carbonyl (C=O) groups excluding carboxylic acids is 3. The highest BCUT2D eigenvalue weighted by atomic mass is 16.6. The van der Waals surface area contributed by atoms with Crippen molar-refractivity contribution in [1.29, 1.82) is 0 Å². The van der Waals surface area contributed by atoms with E-state index < -0.39 is 6.10 Å². The molecule has 0 rings (SSSR count). The molecule has 408 valence electrons. The second kappa shape index (κ2) is 58.9. The van der Waals surface area contributed by atoms with Crippen LogP contribution in [0.4, 0.5) is 0 Å². The quantitative estimate of drug-likeness (QED) is 0.0261. The summed E-state index contributed by atoms with van der Waals surface area (Å²) < 4.78 is 16.8. The number of hydrogen-bond donors (Lipinski definition) is 0. The summed E-state index contributed by atoms with van der Waals surface area (Å²) in [6.07, 6.45) is 72.7. The van der Waals surface area contributed by atoms with Gasteiger partial charge in [0, 0.05) is 19.3 Å². The van der Waals surface area contributed by atoms with Crippen LogP contribution in [-0.2, 0) is 28.6 Å². The fourth-order valence-electron chi connectivity index (χ4n) is 8.92. The molecule has 0 aliphatic heterocycles. The molecule has 0 N–H and O–H groups in total. The fraction of sp³-hybridized carbons (Fsp3) is 0.828. The van der Waals surface area contributed by atoms with Crippen LogP contribution in [0.5, 0.6) is 0 Å². The van der Waals surface area contributed by atoms with E-state index in [2.05, 4.69) is 69.4 Å². The maximum absolute atomic E-state index is 12.8. The Morgan fingerprint density at radius 3 is 0.843 bits per heavy atom. The van der Waals surface area contributed by atoms with Crippen molar-refractivity contribution in [2.75, 3.05) is 13.2 Å². The summed E-state index contributed by atoms with van der Waals surface area (Å²) in [4.78, 5) is 38.1. The van der Waals surface area contributed by atoms with Gasteiger partial charge >= 0.3 is 17.9 Å². The zero-order chi connectivity index (χ0) is 50.7. The molecule has 0 aliphatic carbocycles. The molecule has 0 aromatic rings. The average molecular weight is 982 g/mol. The molecule has 1 atom stereocenters. The Hall–Kier alpha value is -2.63. The average Bonchev–Trinajstić information content (AvgIpc) is 3.36. The molecule has 1 unspecified atom stereocenters. The van der Waals surface area contributed by atoms with Gasteiger partial charge in [-0.25, -0.2) is 0 Å². The maximum Gasteiger partial charge on any atom is 0.306 e. The van der Waals surface area contributed by atoms with Gasteiger partial charge in [0.25, 0.3) is 0 Å². The molecule has 0 spiro atoms. The largest absolute Gasteiger partial charge is 0.462 e. The molecule has 0 aromatic carbocycles. The topological polar surface area (TPSA) is 78.9 Å². The summed E-state index contributed by atoms with van der Waals surface area (Å²) in [5.41, 5.74) is 0. The number of hydrogen-bond acceptors (Lipinski definition) is 6. The minimum atomic E-state index is -0.773. The van der Waals surface area contributed by atoms with Gasteiger partial charge in [0.05, 0.1) is 0 Å². The highest BCUT2D eigenvalue weighted by molar-refractivity contribution is 5.71. The van der Waals surface area contributed by atoms with E-state index in [1.807, 2.05) is 0 Å². The zero-order valence-electron chi connectivity index (χ0n) is 46.8. The van der Waals surface area contributed by atoms with E-state index in [-0.39, 0.29) is 31.1 Å². The van der Waals surface area contributed by atoms with Crippen molar-refractivity contribution >= 4 is 17.9 Å². The van der Waals surface area contributed by atoms with Crippen LogP contribution in [0.3, 0.4) is 0 Å². The predicted molar refractivity (Wildman–Crippen MR) is 302 cm³/mol. The molecule has 6 nitrogen and oxygen atoms in total. The monoisotopic (exact) mass is 981 g/mol. The van der Waals surface area contributed by atoms with E-state index >= 15 is 0 Å². The lowest BCUT2D eigenvalue weighted by Gasteiger charge is -2.18. The van der Waals surface area contributed by atoms with E-state index in [0.29, 0.717) is 19.3 Å². The van der Waals surface area contributed by atoms with Crippen LogP contribution >= 0.6 is 0 Å². The van der Waals surface area contributed by atoms with E-state index in [1.165, 1.54) is 205 Å². The minimum Gasteiger partial charge on any atom is -0.462 e. The second-order valence-electron chi connectivity index (χ2n) is 20.6. The van der Waals surface area contributed by atoms with Crippen LogP contribution < -0.4 is 0 Å². The first-order valence-corrected chi connectivity index (χ1v) is 30.6. The first kappa shape index (κ1) is 67.4. The van der Waals surface area contributed by atoms with Gasteiger partial charge in [0.1, 0.15) is 13.2 Å². The molecule has 0 aliphatic rings. The Labute approximate surface area is 435 Å². The first-order valence-electron chi connectivity index (χ1n) is 30.6. The minimum absolute atomic E-state index is 0.0727. The maximum atomic E-state index is 12.8. The number of carbonyl (C=O) groups is 3. The Morgan fingerprint density at radius 1 is 0.286 bits per heavy atom. The van der Waals surface area contributed by atoms with Gasteiger partial charge in [0.2, 0.25) is 0 Å². The Bertz CT molecular complexity index is 1220. The summed E-state index contributed by atoms with van der Waals surface area (Å²) >= 11 is 0. The molecule has 6 heteroatoms. The molecule has 0 aromatic heterocycles. The molecule has 0 heterocycles. The van der Waals surface area contributed by atoms with Crippen molar-refractivity contribution in [3.05, 3.63) is 48.6 Å². The number of esters is 3.